The Bertz CT molecular complexity index is 719. The molecule has 1 aromatic carbocycles. The molecular formula is C17H15NO3S. The van der Waals surface area contributed by atoms with Gasteiger partial charge in [0.15, 0.2) is 5.76 Å². The molecule has 0 spiro atoms. The van der Waals surface area contributed by atoms with Gasteiger partial charge in [0.05, 0.1) is 6.54 Å². The van der Waals surface area contributed by atoms with Crippen LogP contribution in [0, 0.1) is 0 Å². The molecule has 0 bridgehead atoms. The number of nitrogens with one attached hydrogen (secondary N) is 1. The van der Waals surface area contributed by atoms with Crippen LogP contribution < -0.4 is 10.1 Å². The summed E-state index contributed by atoms with van der Waals surface area (Å²) >= 11 is 1.61. The van der Waals surface area contributed by atoms with Crippen molar-refractivity contribution in [2.45, 2.75) is 13.2 Å². The van der Waals surface area contributed by atoms with Gasteiger partial charge in [-0.25, -0.2) is 0 Å². The molecule has 1 N–H and O–H groups in total. The van der Waals surface area contributed by atoms with E-state index in [4.69, 9.17) is 9.15 Å². The zero-order valence-electron chi connectivity index (χ0n) is 11.8. The first-order valence-electron chi connectivity index (χ1n) is 6.88. The van der Waals surface area contributed by atoms with Gasteiger partial charge in [-0.05, 0) is 35.7 Å². The van der Waals surface area contributed by atoms with Gasteiger partial charge in [0.1, 0.15) is 18.1 Å². The minimum absolute atomic E-state index is 0.223. The van der Waals surface area contributed by atoms with Gasteiger partial charge < -0.3 is 14.5 Å². The number of hydrogen-bond acceptors (Lipinski definition) is 4. The van der Waals surface area contributed by atoms with E-state index in [2.05, 4.69) is 5.32 Å². The topological polar surface area (TPSA) is 51.5 Å². The second-order valence-electron chi connectivity index (χ2n) is 4.63. The van der Waals surface area contributed by atoms with Crippen molar-refractivity contribution in [3.05, 3.63) is 76.4 Å². The number of carbonyl (C=O) groups is 1. The highest BCUT2D eigenvalue weighted by atomic mass is 32.1. The van der Waals surface area contributed by atoms with E-state index in [1.54, 1.807) is 23.5 Å². The second-order valence-corrected chi connectivity index (χ2v) is 5.66. The van der Waals surface area contributed by atoms with Crippen molar-refractivity contribution in [1.82, 2.24) is 5.32 Å². The third-order valence-corrected chi connectivity index (χ3v) is 3.89. The number of benzene rings is 1. The lowest BCUT2D eigenvalue weighted by atomic mass is 10.3. The number of ether oxygens (including phenoxy) is 1. The molecule has 0 atom stereocenters. The lowest BCUT2D eigenvalue weighted by Gasteiger charge is -2.03. The van der Waals surface area contributed by atoms with Gasteiger partial charge in [-0.1, -0.05) is 24.3 Å². The van der Waals surface area contributed by atoms with Crippen molar-refractivity contribution in [1.29, 1.82) is 0 Å². The molecule has 3 rings (SSSR count). The van der Waals surface area contributed by atoms with Gasteiger partial charge >= 0.3 is 0 Å². The summed E-state index contributed by atoms with van der Waals surface area (Å²) in [6.07, 6.45) is 0. The first-order chi connectivity index (χ1) is 10.8. The Morgan fingerprint density at radius 1 is 1.09 bits per heavy atom. The van der Waals surface area contributed by atoms with Gasteiger partial charge in [0.25, 0.3) is 5.91 Å². The Kier molecular flexibility index (Phi) is 4.56. The maximum atomic E-state index is 12.0. The fourth-order valence-corrected chi connectivity index (χ4v) is 2.56. The molecule has 5 heteroatoms. The third kappa shape index (κ3) is 3.77. The molecule has 3 aromatic rings. The molecule has 2 heterocycles. The van der Waals surface area contributed by atoms with E-state index in [1.165, 1.54) is 0 Å². The average molecular weight is 313 g/mol. The molecule has 0 radical (unpaired) electrons. The summed E-state index contributed by atoms with van der Waals surface area (Å²) in [5.41, 5.74) is 0. The monoisotopic (exact) mass is 313 g/mol. The quantitative estimate of drug-likeness (QED) is 0.752. The molecule has 4 nitrogen and oxygen atoms in total. The van der Waals surface area contributed by atoms with Crippen LogP contribution in [0.5, 0.6) is 5.75 Å². The summed E-state index contributed by atoms with van der Waals surface area (Å²) in [6, 6.07) is 16.8. The zero-order valence-corrected chi connectivity index (χ0v) is 12.6. The molecular weight excluding hydrogens is 298 g/mol. The van der Waals surface area contributed by atoms with Gasteiger partial charge in [-0.15, -0.1) is 11.3 Å². The molecule has 0 aliphatic rings. The van der Waals surface area contributed by atoms with Crippen LogP contribution in [0.25, 0.3) is 0 Å². The lowest BCUT2D eigenvalue weighted by Crippen LogP contribution is -2.21. The molecule has 0 fully saturated rings. The standard InChI is InChI=1S/C17H15NO3S/c19-17(18-11-15-7-4-10-22-15)16-9-8-14(21-16)12-20-13-5-2-1-3-6-13/h1-10H,11-12H2,(H,18,19). The molecule has 1 amide bonds. The van der Waals surface area contributed by atoms with E-state index in [0.29, 0.717) is 24.7 Å². The Morgan fingerprint density at radius 2 is 1.95 bits per heavy atom. The van der Waals surface area contributed by atoms with Crippen molar-refractivity contribution >= 4 is 17.2 Å². The van der Waals surface area contributed by atoms with Crippen molar-refractivity contribution in [3.63, 3.8) is 0 Å². The van der Waals surface area contributed by atoms with Crippen LogP contribution in [-0.2, 0) is 13.2 Å². The zero-order chi connectivity index (χ0) is 15.2. The van der Waals surface area contributed by atoms with Crippen molar-refractivity contribution in [2.24, 2.45) is 0 Å². The van der Waals surface area contributed by atoms with Crippen LogP contribution >= 0.6 is 11.3 Å². The minimum atomic E-state index is -0.223. The Hall–Kier alpha value is -2.53. The van der Waals surface area contributed by atoms with Crippen molar-refractivity contribution < 1.29 is 13.9 Å². The third-order valence-electron chi connectivity index (χ3n) is 3.01. The van der Waals surface area contributed by atoms with Gasteiger partial charge in [0, 0.05) is 4.88 Å². The summed E-state index contributed by atoms with van der Waals surface area (Å²) in [5.74, 6) is 1.45. The van der Waals surface area contributed by atoms with Crippen LogP contribution in [-0.4, -0.2) is 5.91 Å². The average Bonchev–Trinajstić information content (AvgIpc) is 3.23. The summed E-state index contributed by atoms with van der Waals surface area (Å²) in [7, 11) is 0. The number of carbonyl (C=O) groups excluding carboxylic acids is 1. The van der Waals surface area contributed by atoms with Crippen LogP contribution in [0.1, 0.15) is 21.2 Å². The highest BCUT2D eigenvalue weighted by Crippen LogP contribution is 2.14. The van der Waals surface area contributed by atoms with Gasteiger partial charge in [-0.3, -0.25) is 4.79 Å². The maximum absolute atomic E-state index is 12.0. The first kappa shape index (κ1) is 14.4. The number of furan rings is 1. The fraction of sp³-hybridized carbons (Fsp3) is 0.118. The smallest absolute Gasteiger partial charge is 0.287 e. The van der Waals surface area contributed by atoms with E-state index in [1.807, 2.05) is 47.8 Å². The SMILES string of the molecule is O=C(NCc1cccs1)c1ccc(COc2ccccc2)o1. The highest BCUT2D eigenvalue weighted by Gasteiger charge is 2.11. The van der Waals surface area contributed by atoms with Crippen LogP contribution in [0.3, 0.4) is 0 Å². The minimum Gasteiger partial charge on any atom is -0.486 e. The summed E-state index contributed by atoms with van der Waals surface area (Å²) in [4.78, 5) is 13.1. The number of rotatable bonds is 6. The number of thiophene rings is 1. The molecule has 22 heavy (non-hydrogen) atoms. The van der Waals surface area contributed by atoms with Crippen molar-refractivity contribution in [2.75, 3.05) is 0 Å². The highest BCUT2D eigenvalue weighted by molar-refractivity contribution is 7.09. The Morgan fingerprint density at radius 3 is 2.73 bits per heavy atom. The summed E-state index contributed by atoms with van der Waals surface area (Å²) < 4.78 is 11.1. The van der Waals surface area contributed by atoms with E-state index >= 15 is 0 Å². The predicted octanol–water partition coefficient (Wildman–Crippen LogP) is 3.85. The number of hydrogen-bond donors (Lipinski definition) is 1. The van der Waals surface area contributed by atoms with Crippen LogP contribution in [0.2, 0.25) is 0 Å². The fourth-order valence-electron chi connectivity index (χ4n) is 1.92. The van der Waals surface area contributed by atoms with Crippen LogP contribution in [0.4, 0.5) is 0 Å². The number of amides is 1. The summed E-state index contributed by atoms with van der Waals surface area (Å²) in [6.45, 7) is 0.801. The van der Waals surface area contributed by atoms with Gasteiger partial charge in [0.2, 0.25) is 0 Å². The Labute approximate surface area is 132 Å². The van der Waals surface area contributed by atoms with Crippen molar-refractivity contribution in [3.8, 4) is 5.75 Å². The maximum Gasteiger partial charge on any atom is 0.287 e. The largest absolute Gasteiger partial charge is 0.486 e. The van der Waals surface area contributed by atoms with E-state index in [-0.39, 0.29) is 5.91 Å². The predicted molar refractivity (Wildman–Crippen MR) is 85.0 cm³/mol. The van der Waals surface area contributed by atoms with Gasteiger partial charge in [-0.2, -0.15) is 0 Å². The second kappa shape index (κ2) is 6.95. The normalized spacial score (nSPS) is 10.4. The first-order valence-corrected chi connectivity index (χ1v) is 7.76. The molecule has 0 aliphatic carbocycles. The molecule has 0 unspecified atom stereocenters. The molecule has 0 aliphatic heterocycles. The Balaban J connectivity index is 1.53. The lowest BCUT2D eigenvalue weighted by molar-refractivity contribution is 0.0919. The van der Waals surface area contributed by atoms with E-state index < -0.39 is 0 Å². The summed E-state index contributed by atoms with van der Waals surface area (Å²) in [5, 5.41) is 4.80. The molecule has 2 aromatic heterocycles. The molecule has 112 valence electrons. The molecule has 0 saturated heterocycles. The molecule has 0 saturated carbocycles. The van der Waals surface area contributed by atoms with Crippen LogP contribution in [0.15, 0.2) is 64.4 Å². The number of para-hydroxylation sites is 1. The van der Waals surface area contributed by atoms with E-state index in [0.717, 1.165) is 10.6 Å². The van der Waals surface area contributed by atoms with E-state index in [9.17, 15) is 4.79 Å².